The minimum Gasteiger partial charge on any atom is -0.468 e. The number of benzene rings is 1. The second-order valence-electron chi connectivity index (χ2n) is 8.69. The maximum absolute atomic E-state index is 12.6. The van der Waals surface area contributed by atoms with E-state index in [-0.39, 0.29) is 24.7 Å². The van der Waals surface area contributed by atoms with Crippen molar-refractivity contribution >= 4 is 5.97 Å². The van der Waals surface area contributed by atoms with Gasteiger partial charge in [0, 0.05) is 24.3 Å². The molecule has 0 radical (unpaired) electrons. The van der Waals surface area contributed by atoms with Crippen LogP contribution in [-0.4, -0.2) is 34.8 Å². The summed E-state index contributed by atoms with van der Waals surface area (Å²) in [6, 6.07) is 12.2. The lowest BCUT2D eigenvalue weighted by Gasteiger charge is -2.36. The van der Waals surface area contributed by atoms with Gasteiger partial charge in [0.2, 0.25) is 0 Å². The van der Waals surface area contributed by atoms with Gasteiger partial charge >= 0.3 is 11.7 Å². The number of methoxy groups -OCH3 is 1. The van der Waals surface area contributed by atoms with Crippen LogP contribution in [-0.2, 0) is 28.0 Å². The third kappa shape index (κ3) is 5.27. The summed E-state index contributed by atoms with van der Waals surface area (Å²) in [7, 11) is 1.25. The van der Waals surface area contributed by atoms with Crippen molar-refractivity contribution < 1.29 is 9.53 Å². The Kier molecular flexibility index (Phi) is 8.04. The Morgan fingerprint density at radius 1 is 1.24 bits per heavy atom. The van der Waals surface area contributed by atoms with Gasteiger partial charge in [-0.05, 0) is 57.2 Å². The van der Waals surface area contributed by atoms with Crippen LogP contribution in [0.2, 0.25) is 0 Å². The number of carbonyl (C=O) groups excluding carboxylic acids is 1. The standard InChI is InChI=1S/C25H29N5O4/c1-18-15-29(16-22(31)34-2)24(33)30(23(18)32)13-5-12-28-20-8-10-25(17-27,11-9-20)21-7-4-3-6-19(21)14-26/h3-4,6-7,15,20,28H,5,8-13,16H2,1-2H3. The lowest BCUT2D eigenvalue weighted by Crippen LogP contribution is -2.43. The molecular formula is C25H29N5O4. The molecule has 0 spiro atoms. The van der Waals surface area contributed by atoms with Crippen LogP contribution in [0, 0.1) is 29.6 Å². The van der Waals surface area contributed by atoms with Crippen LogP contribution < -0.4 is 16.6 Å². The lowest BCUT2D eigenvalue weighted by molar-refractivity contribution is -0.141. The van der Waals surface area contributed by atoms with E-state index in [9.17, 15) is 24.9 Å². The Bertz CT molecular complexity index is 1240. The summed E-state index contributed by atoms with van der Waals surface area (Å²) < 4.78 is 6.96. The average molecular weight is 464 g/mol. The number of aromatic nitrogens is 2. The molecule has 0 amide bonds. The number of hydrogen-bond donors (Lipinski definition) is 1. The zero-order valence-electron chi connectivity index (χ0n) is 19.5. The summed E-state index contributed by atoms with van der Waals surface area (Å²) in [5, 5.41) is 22.8. The maximum Gasteiger partial charge on any atom is 0.331 e. The number of esters is 1. The number of ether oxygens (including phenoxy) is 1. The first kappa shape index (κ1) is 24.9. The number of nitriles is 2. The predicted octanol–water partition coefficient (Wildman–Crippen LogP) is 1.75. The van der Waals surface area contributed by atoms with Crippen molar-refractivity contribution in [3.63, 3.8) is 0 Å². The molecule has 1 aromatic heterocycles. The van der Waals surface area contributed by atoms with E-state index in [0.717, 1.165) is 23.0 Å². The second-order valence-corrected chi connectivity index (χ2v) is 8.69. The van der Waals surface area contributed by atoms with Crippen LogP contribution in [0.15, 0.2) is 40.1 Å². The topological polar surface area (TPSA) is 130 Å². The summed E-state index contributed by atoms with van der Waals surface area (Å²) >= 11 is 0. The summed E-state index contributed by atoms with van der Waals surface area (Å²) in [4.78, 5) is 36.6. The minimum absolute atomic E-state index is 0.223. The summed E-state index contributed by atoms with van der Waals surface area (Å²) in [5.74, 6) is -0.559. The van der Waals surface area contributed by atoms with Gasteiger partial charge in [0.1, 0.15) is 6.54 Å². The van der Waals surface area contributed by atoms with E-state index in [4.69, 9.17) is 0 Å². The van der Waals surface area contributed by atoms with Gasteiger partial charge in [0.05, 0.1) is 30.2 Å². The Balaban J connectivity index is 1.58. The van der Waals surface area contributed by atoms with Crippen molar-refractivity contribution in [2.75, 3.05) is 13.7 Å². The smallest absolute Gasteiger partial charge is 0.331 e. The molecule has 178 valence electrons. The van der Waals surface area contributed by atoms with E-state index in [1.54, 1.807) is 13.0 Å². The van der Waals surface area contributed by atoms with E-state index < -0.39 is 17.1 Å². The van der Waals surface area contributed by atoms with E-state index in [2.05, 4.69) is 22.2 Å². The van der Waals surface area contributed by atoms with Crippen molar-refractivity contribution in [1.29, 1.82) is 10.5 Å². The summed E-state index contributed by atoms with van der Waals surface area (Å²) in [6.45, 7) is 2.21. The van der Waals surface area contributed by atoms with Gasteiger partial charge in [-0.2, -0.15) is 10.5 Å². The van der Waals surface area contributed by atoms with Gasteiger partial charge in [-0.25, -0.2) is 4.79 Å². The Labute approximate surface area is 198 Å². The fourth-order valence-electron chi connectivity index (χ4n) is 4.61. The molecule has 1 N–H and O–H groups in total. The first-order valence-corrected chi connectivity index (χ1v) is 11.4. The van der Waals surface area contributed by atoms with Crippen molar-refractivity contribution in [1.82, 2.24) is 14.5 Å². The molecule has 9 heteroatoms. The summed E-state index contributed by atoms with van der Waals surface area (Å²) in [5.41, 5.74) is 0.198. The molecule has 1 saturated carbocycles. The maximum atomic E-state index is 12.6. The van der Waals surface area contributed by atoms with Crippen LogP contribution in [0.4, 0.5) is 0 Å². The molecule has 1 aliphatic carbocycles. The van der Waals surface area contributed by atoms with Crippen molar-refractivity contribution in [3.8, 4) is 12.1 Å². The van der Waals surface area contributed by atoms with Gasteiger partial charge in [0.15, 0.2) is 0 Å². The molecule has 2 aromatic rings. The van der Waals surface area contributed by atoms with Gasteiger partial charge in [0.25, 0.3) is 5.56 Å². The highest BCUT2D eigenvalue weighted by Crippen LogP contribution is 2.40. The number of aryl methyl sites for hydroxylation is 1. The van der Waals surface area contributed by atoms with Gasteiger partial charge in [-0.15, -0.1) is 0 Å². The number of rotatable bonds is 8. The zero-order valence-corrected chi connectivity index (χ0v) is 19.5. The average Bonchev–Trinajstić information content (AvgIpc) is 2.87. The third-order valence-corrected chi connectivity index (χ3v) is 6.54. The van der Waals surface area contributed by atoms with E-state index >= 15 is 0 Å². The number of nitrogens with zero attached hydrogens (tertiary/aromatic N) is 4. The van der Waals surface area contributed by atoms with Crippen LogP contribution in [0.5, 0.6) is 0 Å². The predicted molar refractivity (Wildman–Crippen MR) is 125 cm³/mol. The van der Waals surface area contributed by atoms with Crippen LogP contribution in [0.25, 0.3) is 0 Å². The van der Waals surface area contributed by atoms with Crippen LogP contribution in [0.3, 0.4) is 0 Å². The van der Waals surface area contributed by atoms with Crippen LogP contribution in [0.1, 0.15) is 48.8 Å². The molecule has 1 aliphatic rings. The molecular weight excluding hydrogens is 434 g/mol. The molecule has 1 heterocycles. The number of hydrogen-bond acceptors (Lipinski definition) is 7. The number of nitrogens with one attached hydrogen (secondary N) is 1. The van der Waals surface area contributed by atoms with E-state index in [1.165, 1.54) is 17.9 Å². The van der Waals surface area contributed by atoms with Crippen molar-refractivity contribution in [2.45, 2.75) is 63.6 Å². The van der Waals surface area contributed by atoms with E-state index in [1.807, 2.05) is 18.2 Å². The van der Waals surface area contributed by atoms with Gasteiger partial charge in [-0.1, -0.05) is 18.2 Å². The highest BCUT2D eigenvalue weighted by molar-refractivity contribution is 5.68. The largest absolute Gasteiger partial charge is 0.468 e. The highest BCUT2D eigenvalue weighted by Gasteiger charge is 2.38. The lowest BCUT2D eigenvalue weighted by atomic mass is 9.68. The quantitative estimate of drug-likeness (QED) is 0.466. The molecule has 0 bridgehead atoms. The Hall–Kier alpha value is -3.69. The van der Waals surface area contributed by atoms with Crippen molar-refractivity contribution in [2.24, 2.45) is 0 Å². The fraction of sp³-hybridized carbons (Fsp3) is 0.480. The molecule has 0 unspecified atom stereocenters. The second kappa shape index (κ2) is 11.0. The minimum atomic E-state index is -0.649. The molecule has 0 saturated heterocycles. The van der Waals surface area contributed by atoms with E-state index in [0.29, 0.717) is 36.9 Å². The fourth-order valence-corrected chi connectivity index (χ4v) is 4.61. The molecule has 9 nitrogen and oxygen atoms in total. The highest BCUT2D eigenvalue weighted by atomic mass is 16.5. The molecule has 0 aliphatic heterocycles. The molecule has 0 atom stereocenters. The Morgan fingerprint density at radius 2 is 1.94 bits per heavy atom. The zero-order chi connectivity index (χ0) is 24.7. The monoisotopic (exact) mass is 463 g/mol. The number of carbonyl (C=O) groups is 1. The van der Waals surface area contributed by atoms with Crippen molar-refractivity contribution in [3.05, 3.63) is 68.0 Å². The molecule has 3 rings (SSSR count). The molecule has 1 aromatic carbocycles. The third-order valence-electron chi connectivity index (χ3n) is 6.54. The Morgan fingerprint density at radius 3 is 2.59 bits per heavy atom. The molecule has 1 fully saturated rings. The normalized spacial score (nSPS) is 19.7. The van der Waals surface area contributed by atoms with Gasteiger partial charge in [-0.3, -0.25) is 18.7 Å². The first-order chi connectivity index (χ1) is 16.3. The molecule has 34 heavy (non-hydrogen) atoms. The summed E-state index contributed by atoms with van der Waals surface area (Å²) in [6.07, 6.45) is 4.86. The first-order valence-electron chi connectivity index (χ1n) is 11.4. The van der Waals surface area contributed by atoms with Gasteiger partial charge < -0.3 is 10.1 Å². The SMILES string of the molecule is COC(=O)Cn1cc(C)c(=O)n(CCCNC2CCC(C#N)(c3ccccc3C#N)CC2)c1=O. The van der Waals surface area contributed by atoms with Crippen LogP contribution >= 0.6 is 0 Å².